The third kappa shape index (κ3) is 6.96. The molecule has 0 saturated carbocycles. The number of nitrogens with two attached hydrogens (primary N) is 1. The van der Waals surface area contributed by atoms with Gasteiger partial charge in [0.2, 0.25) is 11.8 Å². The second kappa shape index (κ2) is 12.7. The van der Waals surface area contributed by atoms with Crippen molar-refractivity contribution in [3.05, 3.63) is 64.7 Å². The van der Waals surface area contributed by atoms with Crippen LogP contribution in [0.2, 0.25) is 5.02 Å². The molecule has 36 heavy (non-hydrogen) atoms. The summed E-state index contributed by atoms with van der Waals surface area (Å²) in [5.41, 5.74) is 7.14. The summed E-state index contributed by atoms with van der Waals surface area (Å²) < 4.78 is 5.50. The van der Waals surface area contributed by atoms with Gasteiger partial charge in [-0.05, 0) is 48.6 Å². The number of carbonyl (C=O) groups is 3. The second-order valence-corrected chi connectivity index (χ2v) is 9.33. The van der Waals surface area contributed by atoms with Crippen LogP contribution in [-0.4, -0.2) is 60.3 Å². The Balaban J connectivity index is 1.67. The van der Waals surface area contributed by atoms with Crippen molar-refractivity contribution in [1.29, 1.82) is 0 Å². The van der Waals surface area contributed by atoms with E-state index in [-0.39, 0.29) is 50.9 Å². The number of aliphatic hydroxyl groups is 1. The SMILES string of the molecule is CCc1ccc(NC(=O)OCC2(C(=O)NCc3ccccc3Cl)CCN(C(=O)[C@H](N)CO)CC2)cc1. The zero-order chi connectivity index (χ0) is 26.1. The van der Waals surface area contributed by atoms with Crippen LogP contribution in [0.4, 0.5) is 10.5 Å². The summed E-state index contributed by atoms with van der Waals surface area (Å²) in [5.74, 6) is -0.669. The molecule has 0 aliphatic carbocycles. The lowest BCUT2D eigenvalue weighted by molar-refractivity contribution is -0.144. The minimum absolute atomic E-state index is 0.158. The first kappa shape index (κ1) is 27.4. The number of nitrogens with zero attached hydrogens (tertiary/aromatic N) is 1. The number of piperidine rings is 1. The number of hydrogen-bond acceptors (Lipinski definition) is 6. The van der Waals surface area contributed by atoms with Crippen LogP contribution in [0.3, 0.4) is 0 Å². The van der Waals surface area contributed by atoms with E-state index in [2.05, 4.69) is 10.6 Å². The van der Waals surface area contributed by atoms with E-state index in [9.17, 15) is 19.5 Å². The van der Waals surface area contributed by atoms with Crippen molar-refractivity contribution >= 4 is 35.2 Å². The lowest BCUT2D eigenvalue weighted by Gasteiger charge is -2.40. The first-order chi connectivity index (χ1) is 17.3. The number of anilines is 1. The van der Waals surface area contributed by atoms with Gasteiger partial charge in [-0.25, -0.2) is 4.79 Å². The van der Waals surface area contributed by atoms with Gasteiger partial charge >= 0.3 is 6.09 Å². The van der Waals surface area contributed by atoms with E-state index >= 15 is 0 Å². The molecular formula is C26H33ClN4O5. The van der Waals surface area contributed by atoms with E-state index in [0.29, 0.717) is 10.7 Å². The molecule has 0 unspecified atom stereocenters. The van der Waals surface area contributed by atoms with Gasteiger partial charge in [-0.15, -0.1) is 0 Å². The van der Waals surface area contributed by atoms with Crippen LogP contribution in [0.1, 0.15) is 30.9 Å². The van der Waals surface area contributed by atoms with Crippen molar-refractivity contribution in [2.24, 2.45) is 11.1 Å². The smallest absolute Gasteiger partial charge is 0.411 e. The standard InChI is InChI=1S/C26H33ClN4O5/c1-2-18-7-9-20(10-8-18)30-25(35)36-17-26(11-13-31(14-12-26)23(33)22(28)16-32)24(34)29-15-19-5-3-4-6-21(19)27/h3-10,22,32H,2,11-17,28H2,1H3,(H,29,34)(H,30,35)/t22-/m1/s1. The number of hydrogen-bond donors (Lipinski definition) is 4. The van der Waals surface area contributed by atoms with Crippen LogP contribution in [-0.2, 0) is 27.3 Å². The summed E-state index contributed by atoms with van der Waals surface area (Å²) in [6.07, 6.45) is 0.755. The lowest BCUT2D eigenvalue weighted by Crippen LogP contribution is -2.55. The highest BCUT2D eigenvalue weighted by Crippen LogP contribution is 2.33. The molecule has 2 aromatic rings. The molecule has 1 aliphatic rings. The first-order valence-electron chi connectivity index (χ1n) is 12.0. The second-order valence-electron chi connectivity index (χ2n) is 8.92. The highest BCUT2D eigenvalue weighted by molar-refractivity contribution is 6.31. The maximum absolute atomic E-state index is 13.4. The fourth-order valence-electron chi connectivity index (χ4n) is 4.09. The van der Waals surface area contributed by atoms with Crippen molar-refractivity contribution in [2.75, 3.05) is 31.6 Å². The average molecular weight is 517 g/mol. The van der Waals surface area contributed by atoms with Crippen molar-refractivity contribution in [3.63, 3.8) is 0 Å². The molecule has 0 aromatic heterocycles. The summed E-state index contributed by atoms with van der Waals surface area (Å²) in [6.45, 7) is 2.14. The normalized spacial score (nSPS) is 15.6. The molecule has 1 fully saturated rings. The fourth-order valence-corrected chi connectivity index (χ4v) is 4.29. The van der Waals surface area contributed by atoms with Gasteiger partial charge in [-0.2, -0.15) is 0 Å². The number of benzene rings is 2. The van der Waals surface area contributed by atoms with E-state index < -0.39 is 24.2 Å². The van der Waals surface area contributed by atoms with Crippen molar-refractivity contribution < 1.29 is 24.2 Å². The summed E-state index contributed by atoms with van der Waals surface area (Å²) in [7, 11) is 0. The zero-order valence-corrected chi connectivity index (χ0v) is 21.1. The largest absolute Gasteiger partial charge is 0.448 e. The molecule has 194 valence electrons. The number of aryl methyl sites for hydroxylation is 1. The summed E-state index contributed by atoms with van der Waals surface area (Å²) in [4.78, 5) is 39.8. The number of rotatable bonds is 9. The van der Waals surface area contributed by atoms with Gasteiger partial charge in [0.05, 0.1) is 12.0 Å². The molecule has 1 saturated heterocycles. The van der Waals surface area contributed by atoms with Crippen LogP contribution >= 0.6 is 11.6 Å². The maximum atomic E-state index is 13.4. The van der Waals surface area contributed by atoms with Gasteiger partial charge in [-0.1, -0.05) is 48.9 Å². The molecule has 2 aromatic carbocycles. The first-order valence-corrected chi connectivity index (χ1v) is 12.4. The Hall–Kier alpha value is -3.14. The predicted molar refractivity (Wildman–Crippen MR) is 137 cm³/mol. The lowest BCUT2D eigenvalue weighted by atomic mass is 9.78. The molecule has 3 amide bonds. The monoisotopic (exact) mass is 516 g/mol. The number of carbonyl (C=O) groups excluding carboxylic acids is 3. The Morgan fingerprint density at radius 3 is 2.42 bits per heavy atom. The van der Waals surface area contributed by atoms with Crippen LogP contribution in [0.25, 0.3) is 0 Å². The number of likely N-dealkylation sites (tertiary alicyclic amines) is 1. The highest BCUT2D eigenvalue weighted by atomic mass is 35.5. The third-order valence-electron chi connectivity index (χ3n) is 6.51. The number of ether oxygens (including phenoxy) is 1. The van der Waals surface area contributed by atoms with Gasteiger partial charge < -0.3 is 25.8 Å². The van der Waals surface area contributed by atoms with E-state index in [1.807, 2.05) is 31.2 Å². The third-order valence-corrected chi connectivity index (χ3v) is 6.88. The summed E-state index contributed by atoms with van der Waals surface area (Å²) >= 11 is 6.22. The van der Waals surface area contributed by atoms with E-state index in [1.54, 1.807) is 24.3 Å². The van der Waals surface area contributed by atoms with E-state index in [1.165, 1.54) is 4.90 Å². The molecule has 9 nitrogen and oxygen atoms in total. The van der Waals surface area contributed by atoms with Gasteiger partial charge in [0.25, 0.3) is 0 Å². The molecule has 1 atom stereocenters. The maximum Gasteiger partial charge on any atom is 0.411 e. The Morgan fingerprint density at radius 2 is 1.81 bits per heavy atom. The molecule has 5 N–H and O–H groups in total. The quantitative estimate of drug-likeness (QED) is 0.405. The Morgan fingerprint density at radius 1 is 1.14 bits per heavy atom. The minimum Gasteiger partial charge on any atom is -0.448 e. The van der Waals surface area contributed by atoms with Crippen LogP contribution < -0.4 is 16.4 Å². The molecule has 3 rings (SSSR count). The highest BCUT2D eigenvalue weighted by Gasteiger charge is 2.44. The number of aliphatic hydroxyl groups excluding tert-OH is 1. The summed E-state index contributed by atoms with van der Waals surface area (Å²) in [6, 6.07) is 13.6. The van der Waals surface area contributed by atoms with Gasteiger partial charge in [0.1, 0.15) is 12.6 Å². The summed E-state index contributed by atoms with van der Waals surface area (Å²) in [5, 5.41) is 15.3. The van der Waals surface area contributed by atoms with E-state index in [0.717, 1.165) is 17.5 Å². The Bertz CT molecular complexity index is 1050. The Kier molecular flexibility index (Phi) is 9.69. The number of halogens is 1. The molecule has 0 spiro atoms. The predicted octanol–water partition coefficient (Wildman–Crippen LogP) is 2.70. The van der Waals surface area contributed by atoms with Gasteiger partial charge in [0, 0.05) is 30.3 Å². The molecular weight excluding hydrogens is 484 g/mol. The molecule has 1 heterocycles. The molecule has 10 heteroatoms. The van der Waals surface area contributed by atoms with Crippen LogP contribution in [0.15, 0.2) is 48.5 Å². The van der Waals surface area contributed by atoms with Crippen LogP contribution in [0.5, 0.6) is 0 Å². The van der Waals surface area contributed by atoms with Crippen molar-refractivity contribution in [1.82, 2.24) is 10.2 Å². The minimum atomic E-state index is -1.04. The molecule has 0 bridgehead atoms. The number of nitrogens with one attached hydrogen (secondary N) is 2. The Labute approximate surface area is 215 Å². The number of amides is 3. The topological polar surface area (TPSA) is 134 Å². The molecule has 0 radical (unpaired) electrons. The van der Waals surface area contributed by atoms with E-state index in [4.69, 9.17) is 22.1 Å². The van der Waals surface area contributed by atoms with Crippen molar-refractivity contribution in [2.45, 2.75) is 38.8 Å². The average Bonchev–Trinajstić information content (AvgIpc) is 2.91. The van der Waals surface area contributed by atoms with Crippen LogP contribution in [0, 0.1) is 5.41 Å². The van der Waals surface area contributed by atoms with Crippen molar-refractivity contribution in [3.8, 4) is 0 Å². The van der Waals surface area contributed by atoms with Gasteiger partial charge in [-0.3, -0.25) is 14.9 Å². The van der Waals surface area contributed by atoms with Gasteiger partial charge in [0.15, 0.2) is 0 Å². The zero-order valence-electron chi connectivity index (χ0n) is 20.3. The molecule has 1 aliphatic heterocycles. The fraction of sp³-hybridized carbons (Fsp3) is 0.423.